The fraction of sp³-hybridized carbons (Fsp3) is 0.250. The molecule has 2 heterocycles. The van der Waals surface area contributed by atoms with Crippen LogP contribution in [0, 0.1) is 6.92 Å². The number of aromatic nitrogens is 1. The molecule has 1 amide bonds. The van der Waals surface area contributed by atoms with E-state index in [0.717, 1.165) is 24.8 Å². The molecule has 166 valence electrons. The van der Waals surface area contributed by atoms with Gasteiger partial charge in [-0.3, -0.25) is 9.78 Å². The Morgan fingerprint density at radius 2 is 1.81 bits per heavy atom. The third-order valence-corrected chi connectivity index (χ3v) is 7.16. The maximum atomic E-state index is 13.2. The number of hydrogen-bond donors (Lipinski definition) is 1. The van der Waals surface area contributed by atoms with E-state index in [1.807, 2.05) is 25.1 Å². The van der Waals surface area contributed by atoms with Gasteiger partial charge in [-0.15, -0.1) is 0 Å². The summed E-state index contributed by atoms with van der Waals surface area (Å²) < 4.78 is 33.8. The number of sulfonamides is 1. The molecule has 0 aliphatic carbocycles. The summed E-state index contributed by atoms with van der Waals surface area (Å²) in [6.45, 7) is 2.95. The second-order valence-electron chi connectivity index (χ2n) is 7.71. The minimum atomic E-state index is -3.67. The molecular formula is C24H25N3O4S. The molecule has 1 aromatic heterocycles. The van der Waals surface area contributed by atoms with Gasteiger partial charge in [-0.2, -0.15) is 4.31 Å². The summed E-state index contributed by atoms with van der Waals surface area (Å²) in [5, 5.41) is 2.77. The number of carbonyl (C=O) groups excluding carboxylic acids is 1. The summed E-state index contributed by atoms with van der Waals surface area (Å²) in [7, 11) is -3.67. The van der Waals surface area contributed by atoms with Crippen LogP contribution in [0.15, 0.2) is 71.8 Å². The number of nitrogens with zero attached hydrogens (tertiary/aromatic N) is 2. The zero-order valence-corrected chi connectivity index (χ0v) is 18.6. The fourth-order valence-electron chi connectivity index (χ4n) is 3.60. The van der Waals surface area contributed by atoms with Crippen molar-refractivity contribution in [3.63, 3.8) is 0 Å². The molecule has 0 spiro atoms. The topological polar surface area (TPSA) is 88.6 Å². The highest BCUT2D eigenvalue weighted by molar-refractivity contribution is 7.89. The summed E-state index contributed by atoms with van der Waals surface area (Å²) in [5.74, 6) is 0.481. The van der Waals surface area contributed by atoms with E-state index in [2.05, 4.69) is 10.3 Å². The minimum Gasteiger partial charge on any atom is -0.455 e. The number of carbonyl (C=O) groups is 1. The Bertz CT molecular complexity index is 1210. The van der Waals surface area contributed by atoms with E-state index in [0.29, 0.717) is 24.6 Å². The quantitative estimate of drug-likeness (QED) is 0.591. The molecule has 4 rings (SSSR count). The maximum Gasteiger partial charge on any atom is 0.274 e. The molecule has 8 heteroatoms. The van der Waals surface area contributed by atoms with Gasteiger partial charge in [-0.25, -0.2) is 8.42 Å². The highest BCUT2D eigenvalue weighted by Crippen LogP contribution is 2.34. The van der Waals surface area contributed by atoms with E-state index in [1.54, 1.807) is 30.3 Å². The maximum absolute atomic E-state index is 13.2. The molecule has 0 radical (unpaired) electrons. The first-order valence-electron chi connectivity index (χ1n) is 10.5. The van der Waals surface area contributed by atoms with Crippen LogP contribution in [0.5, 0.6) is 11.5 Å². The predicted octanol–water partition coefficient (Wildman–Crippen LogP) is 4.61. The van der Waals surface area contributed by atoms with Crippen molar-refractivity contribution < 1.29 is 17.9 Å². The SMILES string of the molecule is Cc1cccc(Oc2ccc(S(=O)(=O)N3CCCCC3)cc2NC(=O)c2ccccn2)c1. The smallest absolute Gasteiger partial charge is 0.274 e. The van der Waals surface area contributed by atoms with Gasteiger partial charge >= 0.3 is 0 Å². The van der Waals surface area contributed by atoms with E-state index < -0.39 is 15.9 Å². The van der Waals surface area contributed by atoms with Crippen LogP contribution in [0.4, 0.5) is 5.69 Å². The monoisotopic (exact) mass is 451 g/mol. The molecule has 32 heavy (non-hydrogen) atoms. The highest BCUT2D eigenvalue weighted by Gasteiger charge is 2.27. The van der Waals surface area contributed by atoms with Crippen molar-refractivity contribution in [3.05, 3.63) is 78.1 Å². The number of amides is 1. The fourth-order valence-corrected chi connectivity index (χ4v) is 5.14. The summed E-state index contributed by atoms with van der Waals surface area (Å²) in [5.41, 5.74) is 1.50. The number of rotatable bonds is 6. The van der Waals surface area contributed by atoms with Crippen LogP contribution in [0.3, 0.4) is 0 Å². The largest absolute Gasteiger partial charge is 0.455 e. The van der Waals surface area contributed by atoms with Crippen LogP contribution in [-0.2, 0) is 10.0 Å². The van der Waals surface area contributed by atoms with Gasteiger partial charge in [-0.05, 0) is 67.8 Å². The molecule has 3 aromatic rings. The first-order valence-corrected chi connectivity index (χ1v) is 12.0. The third-order valence-electron chi connectivity index (χ3n) is 5.27. The number of aryl methyl sites for hydroxylation is 1. The third kappa shape index (κ3) is 4.98. The second kappa shape index (κ2) is 9.50. The van der Waals surface area contributed by atoms with E-state index in [9.17, 15) is 13.2 Å². The molecule has 0 bridgehead atoms. The Morgan fingerprint density at radius 1 is 1.00 bits per heavy atom. The van der Waals surface area contributed by atoms with Crippen LogP contribution in [0.1, 0.15) is 35.3 Å². The van der Waals surface area contributed by atoms with Gasteiger partial charge in [0.2, 0.25) is 10.0 Å². The van der Waals surface area contributed by atoms with Crippen molar-refractivity contribution in [1.29, 1.82) is 0 Å². The number of pyridine rings is 1. The Morgan fingerprint density at radius 3 is 2.53 bits per heavy atom. The van der Waals surface area contributed by atoms with E-state index >= 15 is 0 Å². The van der Waals surface area contributed by atoms with Gasteiger partial charge < -0.3 is 10.1 Å². The van der Waals surface area contributed by atoms with E-state index in [4.69, 9.17) is 4.74 Å². The zero-order valence-electron chi connectivity index (χ0n) is 17.8. The Balaban J connectivity index is 1.70. The van der Waals surface area contributed by atoms with Gasteiger partial charge in [0.15, 0.2) is 5.75 Å². The van der Waals surface area contributed by atoms with Gasteiger partial charge in [0.25, 0.3) is 5.91 Å². The van der Waals surface area contributed by atoms with Crippen molar-refractivity contribution in [2.45, 2.75) is 31.1 Å². The number of benzene rings is 2. The van der Waals surface area contributed by atoms with Gasteiger partial charge in [0.05, 0.1) is 10.6 Å². The molecular weight excluding hydrogens is 426 g/mol. The second-order valence-corrected chi connectivity index (χ2v) is 9.65. The van der Waals surface area contributed by atoms with Crippen molar-refractivity contribution >= 4 is 21.6 Å². The van der Waals surface area contributed by atoms with Crippen molar-refractivity contribution in [3.8, 4) is 11.5 Å². The number of anilines is 1. The lowest BCUT2D eigenvalue weighted by Gasteiger charge is -2.26. The average molecular weight is 452 g/mol. The van der Waals surface area contributed by atoms with Crippen LogP contribution in [-0.4, -0.2) is 36.7 Å². The number of piperidine rings is 1. The molecule has 1 fully saturated rings. The first kappa shape index (κ1) is 22.0. The molecule has 0 atom stereocenters. The van der Waals surface area contributed by atoms with E-state index in [-0.39, 0.29) is 16.3 Å². The lowest BCUT2D eigenvalue weighted by molar-refractivity contribution is 0.102. The number of hydrogen-bond acceptors (Lipinski definition) is 5. The molecule has 1 saturated heterocycles. The molecule has 0 saturated carbocycles. The average Bonchev–Trinajstić information content (AvgIpc) is 2.81. The molecule has 1 N–H and O–H groups in total. The van der Waals surface area contributed by atoms with Gasteiger partial charge in [0, 0.05) is 19.3 Å². The number of ether oxygens (including phenoxy) is 1. The van der Waals surface area contributed by atoms with Crippen molar-refractivity contribution in [1.82, 2.24) is 9.29 Å². The summed E-state index contributed by atoms with van der Waals surface area (Å²) in [6, 6.07) is 17.0. The summed E-state index contributed by atoms with van der Waals surface area (Å²) in [6.07, 6.45) is 4.24. The Kier molecular flexibility index (Phi) is 6.53. The minimum absolute atomic E-state index is 0.118. The molecule has 1 aliphatic rings. The molecule has 2 aromatic carbocycles. The summed E-state index contributed by atoms with van der Waals surface area (Å²) in [4.78, 5) is 16.9. The zero-order chi connectivity index (χ0) is 22.6. The summed E-state index contributed by atoms with van der Waals surface area (Å²) >= 11 is 0. The molecule has 0 unspecified atom stereocenters. The van der Waals surface area contributed by atoms with Gasteiger partial charge in [-0.1, -0.05) is 24.6 Å². The molecule has 7 nitrogen and oxygen atoms in total. The predicted molar refractivity (Wildman–Crippen MR) is 122 cm³/mol. The van der Waals surface area contributed by atoms with Crippen LogP contribution < -0.4 is 10.1 Å². The van der Waals surface area contributed by atoms with Crippen LogP contribution in [0.25, 0.3) is 0 Å². The van der Waals surface area contributed by atoms with E-state index in [1.165, 1.54) is 22.6 Å². The van der Waals surface area contributed by atoms with Crippen molar-refractivity contribution in [2.24, 2.45) is 0 Å². The van der Waals surface area contributed by atoms with Gasteiger partial charge in [0.1, 0.15) is 11.4 Å². The standard InChI is InChI=1S/C24H25N3O4S/c1-18-8-7-9-19(16-18)31-23-12-11-20(32(29,30)27-14-5-2-6-15-27)17-22(23)26-24(28)21-10-3-4-13-25-21/h3-4,7-13,16-17H,2,5-6,14-15H2,1H3,(H,26,28). The first-order chi connectivity index (χ1) is 15.4. The van der Waals surface area contributed by atoms with Crippen LogP contribution in [0.2, 0.25) is 0 Å². The molecule has 1 aliphatic heterocycles. The van der Waals surface area contributed by atoms with Crippen molar-refractivity contribution in [2.75, 3.05) is 18.4 Å². The lowest BCUT2D eigenvalue weighted by atomic mass is 10.2. The van der Waals surface area contributed by atoms with Crippen LogP contribution >= 0.6 is 0 Å². The normalized spacial score (nSPS) is 14.7. The lowest BCUT2D eigenvalue weighted by Crippen LogP contribution is -2.35. The number of nitrogens with one attached hydrogen (secondary N) is 1. The Hall–Kier alpha value is -3.23. The Labute approximate surface area is 188 Å². The highest BCUT2D eigenvalue weighted by atomic mass is 32.2.